The lowest BCUT2D eigenvalue weighted by Gasteiger charge is -2.66. The van der Waals surface area contributed by atoms with Gasteiger partial charge in [0.25, 0.3) is 0 Å². The quantitative estimate of drug-likeness (QED) is 0.0841. The van der Waals surface area contributed by atoms with Gasteiger partial charge in [-0.3, -0.25) is 9.48 Å². The van der Waals surface area contributed by atoms with Crippen LogP contribution in [0, 0.1) is 40.9 Å². The average Bonchev–Trinajstić information content (AvgIpc) is 3.83. The number of benzene rings is 1. The summed E-state index contributed by atoms with van der Waals surface area (Å²) in [6, 6.07) is 11.8. The molecule has 5 heterocycles. The maximum Gasteiger partial charge on any atom is 0.355 e. The minimum atomic E-state index is -1.08. The molecular formula is C44H51N9O4S. The van der Waals surface area contributed by atoms with Gasteiger partial charge in [0.2, 0.25) is 0 Å². The Hall–Kier alpha value is -4.95. The number of hydrogen-bond acceptors (Lipinski definition) is 11. The molecule has 58 heavy (non-hydrogen) atoms. The van der Waals surface area contributed by atoms with Gasteiger partial charge in [0, 0.05) is 41.0 Å². The number of aromatic carboxylic acids is 1. The molecule has 14 heteroatoms. The molecule has 0 radical (unpaired) electrons. The molecule has 10 rings (SSSR count). The fourth-order valence-corrected chi connectivity index (χ4v) is 14.6. The SMILES string of the molecule is Cc1c(Nc2nc3ccccc3s2)nnc2c1CCCN2c1ccc(-c2cnn(CC34CC5(C)CC6(CCCNCC(=O)O)CC(C)(C3)C6(C5)C4)c2C)c(C(=O)O)n1. The molecule has 5 unspecified atom stereocenters. The summed E-state index contributed by atoms with van der Waals surface area (Å²) < 4.78 is 3.24. The van der Waals surface area contributed by atoms with Gasteiger partial charge >= 0.3 is 11.9 Å². The van der Waals surface area contributed by atoms with Crippen LogP contribution in [-0.2, 0) is 17.8 Å². The number of thiazole rings is 1. The number of rotatable bonds is 13. The minimum Gasteiger partial charge on any atom is -0.480 e. The van der Waals surface area contributed by atoms with Crippen molar-refractivity contribution in [3.8, 4) is 11.1 Å². The van der Waals surface area contributed by atoms with Crippen LogP contribution in [0.15, 0.2) is 42.6 Å². The Kier molecular flexibility index (Phi) is 8.38. The van der Waals surface area contributed by atoms with E-state index in [1.807, 2.05) is 48.4 Å². The molecule has 13 nitrogen and oxygen atoms in total. The molecular weight excluding hydrogens is 751 g/mol. The Morgan fingerprint density at radius 2 is 1.79 bits per heavy atom. The van der Waals surface area contributed by atoms with Gasteiger partial charge in [0.15, 0.2) is 22.5 Å². The van der Waals surface area contributed by atoms with Crippen LogP contribution in [0.3, 0.4) is 0 Å². The molecule has 5 aliphatic rings. The molecule has 4 fully saturated rings. The van der Waals surface area contributed by atoms with Crippen molar-refractivity contribution in [2.45, 2.75) is 98.4 Å². The van der Waals surface area contributed by atoms with Crippen LogP contribution in [0.25, 0.3) is 21.3 Å². The van der Waals surface area contributed by atoms with Crippen molar-refractivity contribution in [2.75, 3.05) is 29.9 Å². The number of carboxylic acid groups (broad SMARTS) is 2. The second kappa shape index (κ2) is 13.0. The zero-order chi connectivity index (χ0) is 40.2. The largest absolute Gasteiger partial charge is 0.480 e. The summed E-state index contributed by atoms with van der Waals surface area (Å²) >= 11 is 1.57. The van der Waals surface area contributed by atoms with Gasteiger partial charge in [-0.2, -0.15) is 5.10 Å². The number of carboxylic acids is 2. The zero-order valence-electron chi connectivity index (χ0n) is 33.7. The monoisotopic (exact) mass is 801 g/mol. The Morgan fingerprint density at radius 3 is 2.60 bits per heavy atom. The van der Waals surface area contributed by atoms with Crippen LogP contribution in [0.4, 0.5) is 22.6 Å². The third-order valence-corrected chi connectivity index (χ3v) is 16.0. The first-order valence-electron chi connectivity index (χ1n) is 20.7. The molecule has 5 aromatic rings. The van der Waals surface area contributed by atoms with Crippen LogP contribution < -0.4 is 15.5 Å². The predicted octanol–water partition coefficient (Wildman–Crippen LogP) is 8.31. The van der Waals surface area contributed by atoms with E-state index in [1.165, 1.54) is 38.5 Å². The van der Waals surface area contributed by atoms with E-state index in [0.29, 0.717) is 45.8 Å². The van der Waals surface area contributed by atoms with Crippen molar-refractivity contribution < 1.29 is 19.8 Å². The summed E-state index contributed by atoms with van der Waals surface area (Å²) in [7, 11) is 0. The molecule has 0 amide bonds. The number of carbonyl (C=O) groups is 2. The third-order valence-electron chi connectivity index (χ3n) is 15.1. The molecule has 1 spiro atoms. The van der Waals surface area contributed by atoms with Crippen molar-refractivity contribution in [3.63, 3.8) is 0 Å². The average molecular weight is 802 g/mol. The van der Waals surface area contributed by atoms with E-state index < -0.39 is 11.9 Å². The number of aromatic nitrogens is 6. The van der Waals surface area contributed by atoms with Gasteiger partial charge in [-0.1, -0.05) is 37.3 Å². The van der Waals surface area contributed by atoms with Crippen molar-refractivity contribution in [1.29, 1.82) is 0 Å². The van der Waals surface area contributed by atoms with E-state index in [1.54, 1.807) is 11.3 Å². The highest BCUT2D eigenvalue weighted by molar-refractivity contribution is 7.22. The molecule has 4 saturated carbocycles. The van der Waals surface area contributed by atoms with Crippen LogP contribution in [-0.4, -0.2) is 71.7 Å². The molecule has 1 aromatic carbocycles. The lowest BCUT2D eigenvalue weighted by molar-refractivity contribution is -0.173. The number of nitrogens with zero attached hydrogens (tertiary/aromatic N) is 7. The van der Waals surface area contributed by atoms with Gasteiger partial charge in [-0.25, -0.2) is 14.8 Å². The molecule has 302 valence electrons. The van der Waals surface area contributed by atoms with E-state index in [4.69, 9.17) is 20.2 Å². The first-order valence-corrected chi connectivity index (χ1v) is 21.5. The highest BCUT2D eigenvalue weighted by atomic mass is 32.1. The summed E-state index contributed by atoms with van der Waals surface area (Å²) in [5.41, 5.74) is 6.70. The number of pyridine rings is 1. The smallest absolute Gasteiger partial charge is 0.355 e. The maximum atomic E-state index is 12.9. The number of hydrogen-bond donors (Lipinski definition) is 4. The summed E-state index contributed by atoms with van der Waals surface area (Å²) in [5, 5.41) is 41.1. The molecule has 0 saturated heterocycles. The summed E-state index contributed by atoms with van der Waals surface area (Å²) in [6.45, 7) is 11.4. The van der Waals surface area contributed by atoms with Crippen LogP contribution in [0.1, 0.15) is 98.9 Å². The number of aliphatic carboxylic acids is 1. The predicted molar refractivity (Wildman–Crippen MR) is 223 cm³/mol. The fourth-order valence-electron chi connectivity index (χ4n) is 13.7. The number of anilines is 4. The molecule has 4 N–H and O–H groups in total. The lowest BCUT2D eigenvalue weighted by Crippen LogP contribution is -2.58. The third kappa shape index (κ3) is 5.60. The van der Waals surface area contributed by atoms with E-state index in [0.717, 1.165) is 76.5 Å². The Balaban J connectivity index is 0.895. The van der Waals surface area contributed by atoms with E-state index in [-0.39, 0.29) is 23.1 Å². The Morgan fingerprint density at radius 1 is 0.948 bits per heavy atom. The van der Waals surface area contributed by atoms with Crippen LogP contribution in [0.2, 0.25) is 0 Å². The summed E-state index contributed by atoms with van der Waals surface area (Å²) in [4.78, 5) is 35.5. The highest BCUT2D eigenvalue weighted by Crippen LogP contribution is 2.92. The second-order valence-electron chi connectivity index (χ2n) is 19.0. The topological polar surface area (TPSA) is 171 Å². The lowest BCUT2D eigenvalue weighted by atomic mass is 9.38. The van der Waals surface area contributed by atoms with Gasteiger partial charge in [-0.15, -0.1) is 10.2 Å². The molecule has 5 atom stereocenters. The number of para-hydroxylation sites is 1. The molecule has 1 aliphatic heterocycles. The highest BCUT2D eigenvalue weighted by Gasteiger charge is 2.83. The molecule has 4 aromatic heterocycles. The maximum absolute atomic E-state index is 12.9. The Bertz CT molecular complexity index is 2480. The second-order valence-corrected chi connectivity index (χ2v) is 20.0. The van der Waals surface area contributed by atoms with Gasteiger partial charge in [-0.05, 0) is 136 Å². The van der Waals surface area contributed by atoms with Crippen LogP contribution >= 0.6 is 11.3 Å². The number of nitrogens with one attached hydrogen (secondary N) is 2. The van der Waals surface area contributed by atoms with Gasteiger partial charge < -0.3 is 25.7 Å². The standard InChI is InChI=1S/C44H51N9O4S/c1-26-28-9-7-16-52(37(28)51-50-36(26)49-39-47-31-10-5-6-11-32(31)58-39)33-13-12-29(35(48-33)38(56)57)30-17-46-53(27(30)2)25-42-19-40(3)20-43(14-8-15-45-18-34(54)55)23-41(4,22-42)44(43,21-40)24-42/h5-6,10-13,17,45H,7-9,14-16,18-25H2,1-4H3,(H,54,55)(H,56,57)(H,47,49,50). The summed E-state index contributed by atoms with van der Waals surface area (Å²) in [5.74, 6) is 0.0141. The first-order chi connectivity index (χ1) is 27.7. The summed E-state index contributed by atoms with van der Waals surface area (Å²) in [6.07, 6.45) is 13.1. The van der Waals surface area contributed by atoms with Crippen molar-refractivity contribution in [2.24, 2.45) is 27.1 Å². The number of fused-ring (bicyclic) bond motifs is 4. The zero-order valence-corrected chi connectivity index (χ0v) is 34.5. The van der Waals surface area contributed by atoms with Crippen molar-refractivity contribution in [1.82, 2.24) is 35.3 Å². The van der Waals surface area contributed by atoms with Crippen LogP contribution in [0.5, 0.6) is 0 Å². The van der Waals surface area contributed by atoms with E-state index in [2.05, 4.69) is 52.4 Å². The minimum absolute atomic E-state index is 0.000372. The molecule has 3 bridgehead atoms. The normalized spacial score (nSPS) is 29.1. The van der Waals surface area contributed by atoms with Gasteiger partial charge in [0.1, 0.15) is 5.82 Å². The molecule has 4 aliphatic carbocycles. The first kappa shape index (κ1) is 37.3. The fraction of sp³-hybridized carbons (Fsp3) is 0.523. The van der Waals surface area contributed by atoms with Crippen molar-refractivity contribution >= 4 is 56.1 Å². The van der Waals surface area contributed by atoms with Gasteiger partial charge in [0.05, 0.1) is 23.0 Å². The Labute approximate surface area is 341 Å². The van der Waals surface area contributed by atoms with E-state index in [9.17, 15) is 14.7 Å². The van der Waals surface area contributed by atoms with Crippen molar-refractivity contribution in [3.05, 3.63) is 65.1 Å². The van der Waals surface area contributed by atoms with E-state index >= 15 is 0 Å².